The second-order valence-corrected chi connectivity index (χ2v) is 8.32. The van der Waals surface area contributed by atoms with Crippen molar-refractivity contribution >= 4 is 11.6 Å². The molecular formula is C23H24F2N4O2. The number of halogens is 2. The maximum Gasteiger partial charge on any atom is 0.270 e. The summed E-state index contributed by atoms with van der Waals surface area (Å²) in [4.78, 5) is 20.0. The summed E-state index contributed by atoms with van der Waals surface area (Å²) in [5, 5.41) is 3.20. The molecule has 5 heterocycles. The number of hydrogen-bond donors (Lipinski definition) is 1. The summed E-state index contributed by atoms with van der Waals surface area (Å²) in [7, 11) is 0. The van der Waals surface area contributed by atoms with Crippen LogP contribution in [0.3, 0.4) is 0 Å². The highest BCUT2D eigenvalue weighted by molar-refractivity contribution is 5.95. The van der Waals surface area contributed by atoms with Gasteiger partial charge in [0.05, 0.1) is 11.3 Å². The molecule has 3 aliphatic rings. The minimum Gasteiger partial charge on any atom is -0.485 e. The van der Waals surface area contributed by atoms with Crippen LogP contribution >= 0.6 is 0 Å². The van der Waals surface area contributed by atoms with Crippen molar-refractivity contribution in [3.63, 3.8) is 0 Å². The molecule has 0 spiro atoms. The van der Waals surface area contributed by atoms with Crippen LogP contribution in [0.15, 0.2) is 36.5 Å². The third-order valence-electron chi connectivity index (χ3n) is 6.41. The summed E-state index contributed by atoms with van der Waals surface area (Å²) >= 11 is 0. The molecule has 3 fully saturated rings. The molecule has 3 saturated heterocycles. The molecule has 1 aromatic carbocycles. The highest BCUT2D eigenvalue weighted by Crippen LogP contribution is 2.28. The lowest BCUT2D eigenvalue weighted by Gasteiger charge is -2.44. The Kier molecular flexibility index (Phi) is 5.09. The van der Waals surface area contributed by atoms with Gasteiger partial charge in [-0.2, -0.15) is 0 Å². The van der Waals surface area contributed by atoms with E-state index in [1.54, 1.807) is 29.7 Å². The Hall–Kier alpha value is -3.00. The molecule has 6 rings (SSSR count). The zero-order valence-corrected chi connectivity index (χ0v) is 17.3. The molecule has 1 N–H and O–H groups in total. The Balaban J connectivity index is 1.39. The Morgan fingerprint density at radius 1 is 1.19 bits per heavy atom. The van der Waals surface area contributed by atoms with Crippen molar-refractivity contribution in [3.05, 3.63) is 65.1 Å². The maximum absolute atomic E-state index is 13.9. The topological polar surface area (TPSA) is 58.9 Å². The van der Waals surface area contributed by atoms with Gasteiger partial charge < -0.3 is 15.0 Å². The van der Waals surface area contributed by atoms with Crippen LogP contribution in [0.4, 0.5) is 8.78 Å². The SMILES string of the molecule is Cc1nc2c(OCc3c(F)cccc3F)cccn2c1C(=O)NC1CN2CCC1CC2. The largest absolute Gasteiger partial charge is 0.485 e. The number of carbonyl (C=O) groups is 1. The van der Waals surface area contributed by atoms with Gasteiger partial charge in [0.25, 0.3) is 5.91 Å². The number of nitrogens with zero attached hydrogens (tertiary/aromatic N) is 3. The van der Waals surface area contributed by atoms with Crippen LogP contribution in [0, 0.1) is 24.5 Å². The van der Waals surface area contributed by atoms with Gasteiger partial charge in [0, 0.05) is 18.8 Å². The third-order valence-corrected chi connectivity index (χ3v) is 6.41. The zero-order valence-electron chi connectivity index (χ0n) is 17.3. The number of aromatic nitrogens is 2. The molecule has 1 unspecified atom stereocenters. The quantitative estimate of drug-likeness (QED) is 0.680. The van der Waals surface area contributed by atoms with Crippen molar-refractivity contribution in [2.45, 2.75) is 32.4 Å². The molecule has 6 nitrogen and oxygen atoms in total. The summed E-state index contributed by atoms with van der Waals surface area (Å²) in [6.07, 6.45) is 3.97. The fourth-order valence-corrected chi connectivity index (χ4v) is 4.73. The molecule has 0 saturated carbocycles. The molecule has 0 aliphatic carbocycles. The Bertz CT molecular complexity index is 1120. The lowest BCUT2D eigenvalue weighted by atomic mass is 9.84. The predicted molar refractivity (Wildman–Crippen MR) is 111 cm³/mol. The number of carbonyl (C=O) groups excluding carboxylic acids is 1. The van der Waals surface area contributed by atoms with E-state index in [-0.39, 0.29) is 24.1 Å². The van der Waals surface area contributed by atoms with Crippen molar-refractivity contribution in [1.82, 2.24) is 19.6 Å². The summed E-state index contributed by atoms with van der Waals surface area (Å²) in [5.41, 5.74) is 1.32. The fourth-order valence-electron chi connectivity index (χ4n) is 4.73. The van der Waals surface area contributed by atoms with Crippen LogP contribution in [0.2, 0.25) is 0 Å². The Labute approximate surface area is 178 Å². The minimum atomic E-state index is -0.663. The van der Waals surface area contributed by atoms with Crippen molar-refractivity contribution in [1.29, 1.82) is 0 Å². The van der Waals surface area contributed by atoms with E-state index >= 15 is 0 Å². The smallest absolute Gasteiger partial charge is 0.270 e. The molecule has 2 aromatic heterocycles. The van der Waals surface area contributed by atoms with Crippen molar-refractivity contribution in [2.75, 3.05) is 19.6 Å². The number of benzene rings is 1. The van der Waals surface area contributed by atoms with E-state index in [0.717, 1.165) is 32.5 Å². The molecule has 162 valence electrons. The highest BCUT2D eigenvalue weighted by Gasteiger charge is 2.35. The number of ether oxygens (including phenoxy) is 1. The highest BCUT2D eigenvalue weighted by atomic mass is 19.1. The molecule has 3 aliphatic heterocycles. The maximum atomic E-state index is 13.9. The molecule has 2 bridgehead atoms. The van der Waals surface area contributed by atoms with Crippen LogP contribution < -0.4 is 10.1 Å². The van der Waals surface area contributed by atoms with Gasteiger partial charge in [0.1, 0.15) is 23.9 Å². The van der Waals surface area contributed by atoms with Gasteiger partial charge in [-0.25, -0.2) is 13.8 Å². The second kappa shape index (κ2) is 7.92. The molecule has 31 heavy (non-hydrogen) atoms. The monoisotopic (exact) mass is 426 g/mol. The van der Waals surface area contributed by atoms with Gasteiger partial charge in [-0.3, -0.25) is 9.20 Å². The molecule has 3 aromatic rings. The lowest BCUT2D eigenvalue weighted by Crippen LogP contribution is -2.57. The lowest BCUT2D eigenvalue weighted by molar-refractivity contribution is 0.0617. The number of rotatable bonds is 5. The summed E-state index contributed by atoms with van der Waals surface area (Å²) in [5.74, 6) is -0.618. The van der Waals surface area contributed by atoms with E-state index in [0.29, 0.717) is 28.7 Å². The fraction of sp³-hybridized carbons (Fsp3) is 0.391. The number of nitrogens with one attached hydrogen (secondary N) is 1. The van der Waals surface area contributed by atoms with Crippen molar-refractivity contribution in [3.8, 4) is 5.75 Å². The number of hydrogen-bond acceptors (Lipinski definition) is 4. The van der Waals surface area contributed by atoms with E-state index < -0.39 is 11.6 Å². The number of aryl methyl sites for hydroxylation is 1. The van der Waals surface area contributed by atoms with Crippen LogP contribution in [0.25, 0.3) is 5.65 Å². The van der Waals surface area contributed by atoms with Gasteiger partial charge in [-0.15, -0.1) is 0 Å². The van der Waals surface area contributed by atoms with E-state index in [4.69, 9.17) is 4.74 Å². The van der Waals surface area contributed by atoms with Gasteiger partial charge in [0.2, 0.25) is 0 Å². The van der Waals surface area contributed by atoms with E-state index in [1.165, 1.54) is 18.2 Å². The first-order valence-electron chi connectivity index (χ1n) is 10.6. The summed E-state index contributed by atoms with van der Waals surface area (Å²) in [6.45, 7) is 4.60. The first-order chi connectivity index (χ1) is 15.0. The van der Waals surface area contributed by atoms with E-state index in [9.17, 15) is 13.6 Å². The van der Waals surface area contributed by atoms with Crippen molar-refractivity contribution < 1.29 is 18.3 Å². The third kappa shape index (κ3) is 3.65. The number of amides is 1. The number of pyridine rings is 1. The number of imidazole rings is 1. The van der Waals surface area contributed by atoms with Crippen molar-refractivity contribution in [2.24, 2.45) is 5.92 Å². The molecule has 1 atom stereocenters. The average molecular weight is 426 g/mol. The van der Waals surface area contributed by atoms with Gasteiger partial charge >= 0.3 is 0 Å². The second-order valence-electron chi connectivity index (χ2n) is 8.32. The summed E-state index contributed by atoms with van der Waals surface area (Å²) in [6, 6.07) is 7.25. The molecule has 1 amide bonds. The predicted octanol–water partition coefficient (Wildman–Crippen LogP) is 3.32. The first-order valence-corrected chi connectivity index (χ1v) is 10.6. The number of piperidine rings is 3. The van der Waals surface area contributed by atoms with Crippen LogP contribution in [0.1, 0.15) is 34.6 Å². The Morgan fingerprint density at radius 2 is 1.94 bits per heavy atom. The van der Waals surface area contributed by atoms with Gasteiger partial charge in [-0.1, -0.05) is 6.07 Å². The molecule has 0 radical (unpaired) electrons. The molecule has 8 heteroatoms. The standard InChI is InChI=1S/C23H24F2N4O2/c1-14-21(23(30)27-19-12-28-10-7-15(19)8-11-28)29-9-3-6-20(22(29)26-14)31-13-16-17(24)4-2-5-18(16)25/h2-6,9,15,19H,7-8,10-13H2,1H3,(H,27,30). The van der Waals surface area contributed by atoms with Crippen LogP contribution in [0.5, 0.6) is 5.75 Å². The van der Waals surface area contributed by atoms with E-state index in [2.05, 4.69) is 15.2 Å². The normalized spacial score (nSPS) is 22.6. The minimum absolute atomic E-state index is 0.142. The number of fused-ring (bicyclic) bond motifs is 4. The summed E-state index contributed by atoms with van der Waals surface area (Å²) < 4.78 is 35.2. The first kappa shape index (κ1) is 19.9. The van der Waals surface area contributed by atoms with Gasteiger partial charge in [-0.05, 0) is 63.0 Å². The zero-order chi connectivity index (χ0) is 21.5. The molecular weight excluding hydrogens is 402 g/mol. The Morgan fingerprint density at radius 3 is 2.61 bits per heavy atom. The van der Waals surface area contributed by atoms with Gasteiger partial charge in [0.15, 0.2) is 11.4 Å². The van der Waals surface area contributed by atoms with Crippen LogP contribution in [-0.4, -0.2) is 45.9 Å². The van der Waals surface area contributed by atoms with E-state index in [1.807, 2.05) is 0 Å². The van der Waals surface area contributed by atoms with Crippen LogP contribution in [-0.2, 0) is 6.61 Å². The average Bonchev–Trinajstić information content (AvgIpc) is 3.11.